The van der Waals surface area contributed by atoms with Crippen LogP contribution >= 0.6 is 0 Å². The highest BCUT2D eigenvalue weighted by molar-refractivity contribution is 5.03. The number of hydrogen-bond donors (Lipinski definition) is 1. The van der Waals surface area contributed by atoms with E-state index in [1.165, 1.54) is 15.2 Å². The summed E-state index contributed by atoms with van der Waals surface area (Å²) < 4.78 is 2.64. The van der Waals surface area contributed by atoms with E-state index in [1.54, 1.807) is 7.05 Å². The summed E-state index contributed by atoms with van der Waals surface area (Å²) in [5, 5.41) is 0. The zero-order valence-electron chi connectivity index (χ0n) is 9.57. The van der Waals surface area contributed by atoms with Gasteiger partial charge in [-0.1, -0.05) is 0 Å². The fraction of sp³-hybridized carbons (Fsp3) is 0.600. The Balaban J connectivity index is 3.66. The lowest BCUT2D eigenvalue weighted by Crippen LogP contribution is -2.47. The van der Waals surface area contributed by atoms with Crippen LogP contribution in [-0.4, -0.2) is 9.13 Å². The normalized spacial score (nSPS) is 11.8. The lowest BCUT2D eigenvalue weighted by molar-refractivity contribution is 0.355. The maximum atomic E-state index is 11.9. The smallest absolute Gasteiger partial charge is 0.325 e. The first-order valence-electron chi connectivity index (χ1n) is 4.81. The molecule has 15 heavy (non-hydrogen) atoms. The third-order valence-electron chi connectivity index (χ3n) is 2.30. The van der Waals surface area contributed by atoms with Crippen molar-refractivity contribution in [2.75, 3.05) is 0 Å². The zero-order valence-corrected chi connectivity index (χ0v) is 9.57. The van der Waals surface area contributed by atoms with Gasteiger partial charge in [-0.05, 0) is 20.8 Å². The molecule has 0 aliphatic carbocycles. The van der Waals surface area contributed by atoms with Gasteiger partial charge in [-0.3, -0.25) is 13.9 Å². The van der Waals surface area contributed by atoms with Crippen molar-refractivity contribution >= 4 is 0 Å². The van der Waals surface area contributed by atoms with Gasteiger partial charge < -0.3 is 5.73 Å². The molecule has 0 spiro atoms. The molecule has 0 bridgehead atoms. The summed E-state index contributed by atoms with van der Waals surface area (Å²) in [6.45, 7) is 5.64. The molecule has 1 aromatic rings. The number of nitrogens with two attached hydrogens (primary N) is 1. The van der Waals surface area contributed by atoms with Crippen LogP contribution in [0.15, 0.2) is 15.7 Å². The van der Waals surface area contributed by atoms with Crippen molar-refractivity contribution in [3.8, 4) is 0 Å². The Morgan fingerprint density at radius 2 is 1.87 bits per heavy atom. The third-order valence-corrected chi connectivity index (χ3v) is 2.30. The van der Waals surface area contributed by atoms with Crippen LogP contribution in [0.3, 0.4) is 0 Å². The molecule has 84 valence electrons. The molecule has 0 radical (unpaired) electrons. The molecule has 0 atom stereocenters. The lowest BCUT2D eigenvalue weighted by Gasteiger charge is -2.22. The number of nitrogens with zero attached hydrogens (tertiary/aromatic N) is 2. The molecule has 0 aliphatic heterocycles. The molecule has 0 unspecified atom stereocenters. The topological polar surface area (TPSA) is 70.0 Å². The fourth-order valence-electron chi connectivity index (χ4n) is 1.48. The van der Waals surface area contributed by atoms with E-state index in [-0.39, 0.29) is 17.8 Å². The SMILES string of the molecule is Cn1c(CN)cc(=O)n(C(C)(C)C)c1=O. The van der Waals surface area contributed by atoms with Gasteiger partial charge in [0.15, 0.2) is 0 Å². The molecule has 1 rings (SSSR count). The van der Waals surface area contributed by atoms with Crippen LogP contribution in [0, 0.1) is 0 Å². The van der Waals surface area contributed by atoms with Crippen LogP contribution < -0.4 is 17.0 Å². The molecule has 0 amide bonds. The lowest BCUT2D eigenvalue weighted by atomic mass is 10.1. The molecule has 5 heteroatoms. The highest BCUT2D eigenvalue weighted by atomic mass is 16.2. The van der Waals surface area contributed by atoms with E-state index in [2.05, 4.69) is 0 Å². The van der Waals surface area contributed by atoms with Crippen molar-refractivity contribution in [3.63, 3.8) is 0 Å². The molecule has 1 aromatic heterocycles. The predicted molar refractivity (Wildman–Crippen MR) is 58.8 cm³/mol. The summed E-state index contributed by atoms with van der Waals surface area (Å²) in [4.78, 5) is 23.6. The monoisotopic (exact) mass is 211 g/mol. The third kappa shape index (κ3) is 2.02. The Bertz CT molecular complexity index is 477. The molecule has 0 fully saturated rings. The summed E-state index contributed by atoms with van der Waals surface area (Å²) >= 11 is 0. The first kappa shape index (κ1) is 11.7. The van der Waals surface area contributed by atoms with E-state index in [4.69, 9.17) is 5.73 Å². The first-order chi connectivity index (χ1) is 6.79. The summed E-state index contributed by atoms with van der Waals surface area (Å²) in [7, 11) is 1.62. The van der Waals surface area contributed by atoms with Gasteiger partial charge in [0, 0.05) is 30.9 Å². The van der Waals surface area contributed by atoms with Crippen LogP contribution in [0.25, 0.3) is 0 Å². The van der Waals surface area contributed by atoms with Gasteiger partial charge in [-0.25, -0.2) is 4.79 Å². The minimum atomic E-state index is -0.515. The van der Waals surface area contributed by atoms with Crippen molar-refractivity contribution in [2.45, 2.75) is 32.9 Å². The van der Waals surface area contributed by atoms with Crippen LogP contribution in [0.2, 0.25) is 0 Å². The van der Waals surface area contributed by atoms with E-state index in [0.717, 1.165) is 0 Å². The van der Waals surface area contributed by atoms with Crippen molar-refractivity contribution in [1.82, 2.24) is 9.13 Å². The second-order valence-corrected chi connectivity index (χ2v) is 4.53. The summed E-state index contributed by atoms with van der Waals surface area (Å²) in [6.07, 6.45) is 0. The largest absolute Gasteiger partial charge is 0.331 e. The number of hydrogen-bond acceptors (Lipinski definition) is 3. The summed E-state index contributed by atoms with van der Waals surface area (Å²) in [6, 6.07) is 1.41. The Hall–Kier alpha value is -1.36. The molecule has 0 saturated carbocycles. The Kier molecular flexibility index (Phi) is 2.86. The minimum Gasteiger partial charge on any atom is -0.325 e. The zero-order chi connectivity index (χ0) is 11.8. The van der Waals surface area contributed by atoms with E-state index in [9.17, 15) is 9.59 Å². The van der Waals surface area contributed by atoms with Crippen LogP contribution in [-0.2, 0) is 19.1 Å². The molecule has 0 saturated heterocycles. The van der Waals surface area contributed by atoms with Crippen molar-refractivity contribution < 1.29 is 0 Å². The number of rotatable bonds is 1. The molecule has 2 N–H and O–H groups in total. The fourth-order valence-corrected chi connectivity index (χ4v) is 1.48. The molecule has 1 heterocycles. The summed E-state index contributed by atoms with van der Waals surface area (Å²) in [5.41, 5.74) is 4.85. The average Bonchev–Trinajstić information content (AvgIpc) is 2.09. The standard InChI is InChI=1S/C10H17N3O2/c1-10(2,3)13-8(14)5-7(6-11)12(4)9(13)15/h5H,6,11H2,1-4H3. The maximum absolute atomic E-state index is 11.9. The highest BCUT2D eigenvalue weighted by Crippen LogP contribution is 2.07. The van der Waals surface area contributed by atoms with Gasteiger partial charge in [-0.2, -0.15) is 0 Å². The number of aromatic nitrogens is 2. The Labute approximate surface area is 88.1 Å². The second kappa shape index (κ2) is 3.66. The van der Waals surface area contributed by atoms with Crippen molar-refractivity contribution in [1.29, 1.82) is 0 Å². The van der Waals surface area contributed by atoms with Gasteiger partial charge in [0.1, 0.15) is 0 Å². The van der Waals surface area contributed by atoms with Gasteiger partial charge >= 0.3 is 5.69 Å². The quantitative estimate of drug-likeness (QED) is 0.697. The molecule has 5 nitrogen and oxygen atoms in total. The average molecular weight is 211 g/mol. The molecule has 0 aromatic carbocycles. The van der Waals surface area contributed by atoms with Gasteiger partial charge in [0.05, 0.1) is 0 Å². The van der Waals surface area contributed by atoms with Crippen LogP contribution in [0.5, 0.6) is 0 Å². The second-order valence-electron chi connectivity index (χ2n) is 4.53. The van der Waals surface area contributed by atoms with Crippen molar-refractivity contribution in [2.24, 2.45) is 12.8 Å². The van der Waals surface area contributed by atoms with E-state index < -0.39 is 5.54 Å². The van der Waals surface area contributed by atoms with Crippen molar-refractivity contribution in [3.05, 3.63) is 32.6 Å². The van der Waals surface area contributed by atoms with Gasteiger partial charge in [0.2, 0.25) is 0 Å². The predicted octanol–water partition coefficient (Wildman–Crippen LogP) is -0.239. The molecular weight excluding hydrogens is 194 g/mol. The highest BCUT2D eigenvalue weighted by Gasteiger charge is 2.19. The van der Waals surface area contributed by atoms with E-state index >= 15 is 0 Å². The first-order valence-corrected chi connectivity index (χ1v) is 4.81. The van der Waals surface area contributed by atoms with Gasteiger partial charge in [0.25, 0.3) is 5.56 Å². The Morgan fingerprint density at radius 1 is 1.33 bits per heavy atom. The van der Waals surface area contributed by atoms with Gasteiger partial charge in [-0.15, -0.1) is 0 Å². The molecular formula is C10H17N3O2. The van der Waals surface area contributed by atoms with Crippen LogP contribution in [0.1, 0.15) is 26.5 Å². The summed E-state index contributed by atoms with van der Waals surface area (Å²) in [5.74, 6) is 0. The Morgan fingerprint density at radius 3 is 2.27 bits per heavy atom. The van der Waals surface area contributed by atoms with E-state index in [1.807, 2.05) is 20.8 Å². The molecule has 0 aliphatic rings. The van der Waals surface area contributed by atoms with E-state index in [0.29, 0.717) is 5.69 Å². The van der Waals surface area contributed by atoms with Crippen LogP contribution in [0.4, 0.5) is 0 Å². The maximum Gasteiger partial charge on any atom is 0.331 e. The minimum absolute atomic E-state index is 0.186.